The number of rotatable bonds is 6. The van der Waals surface area contributed by atoms with Gasteiger partial charge in [-0.1, -0.05) is 12.5 Å². The molecule has 0 saturated carbocycles. The number of aromatic nitrogens is 1. The van der Waals surface area contributed by atoms with E-state index in [2.05, 4.69) is 4.72 Å². The molecule has 1 aromatic carbocycles. The number of nitrogens with zero attached hydrogens (tertiary/aromatic N) is 1. The van der Waals surface area contributed by atoms with Gasteiger partial charge in [0.25, 0.3) is 5.56 Å². The summed E-state index contributed by atoms with van der Waals surface area (Å²) in [6.45, 7) is 4.42. The van der Waals surface area contributed by atoms with Crippen LogP contribution in [0.25, 0.3) is 10.9 Å². The molecule has 0 saturated heterocycles. The van der Waals surface area contributed by atoms with E-state index in [1.807, 2.05) is 13.8 Å². The Hall–Kier alpha value is -2.41. The topological polar surface area (TPSA) is 68.2 Å². The summed E-state index contributed by atoms with van der Waals surface area (Å²) in [6, 6.07) is 8.21. The van der Waals surface area contributed by atoms with Crippen LogP contribution in [-0.2, 0) is 16.6 Å². The summed E-state index contributed by atoms with van der Waals surface area (Å²) in [7, 11) is -3.73. The smallest absolute Gasteiger partial charge is 0.251 e. The Balaban J connectivity index is 1.87. The van der Waals surface area contributed by atoms with E-state index in [0.29, 0.717) is 30.6 Å². The fourth-order valence-electron chi connectivity index (χ4n) is 3.27. The number of aryl methyl sites for hydroxylation is 1. The molecule has 0 fully saturated rings. The van der Waals surface area contributed by atoms with Crippen molar-refractivity contribution in [2.75, 3.05) is 10.5 Å². The van der Waals surface area contributed by atoms with Crippen LogP contribution in [0, 0.1) is 0 Å². The monoisotopic (exact) mass is 390 g/mol. The van der Waals surface area contributed by atoms with Gasteiger partial charge in [0.15, 0.2) is 0 Å². The number of fused-ring (bicyclic) bond motifs is 1. The second-order valence-corrected chi connectivity index (χ2v) is 8.62. The predicted octanol–water partition coefficient (Wildman–Crippen LogP) is 4.12. The highest BCUT2D eigenvalue weighted by atomic mass is 32.2. The molecule has 3 rings (SSSR count). The lowest BCUT2D eigenvalue weighted by Gasteiger charge is -2.15. The Morgan fingerprint density at radius 2 is 1.96 bits per heavy atom. The third-order valence-corrected chi connectivity index (χ3v) is 5.88. The zero-order valence-electron chi connectivity index (χ0n) is 15.5. The second-order valence-electron chi connectivity index (χ2n) is 6.90. The van der Waals surface area contributed by atoms with Crippen LogP contribution in [0.3, 0.4) is 0 Å². The Kier molecular flexibility index (Phi) is 5.51. The minimum Gasteiger partial charge on any atom is -0.308 e. The third kappa shape index (κ3) is 4.47. The van der Waals surface area contributed by atoms with Crippen LogP contribution in [0.15, 0.2) is 58.2 Å². The molecule has 1 heterocycles. The van der Waals surface area contributed by atoms with Gasteiger partial charge in [0, 0.05) is 23.7 Å². The minimum atomic E-state index is -3.73. The summed E-state index contributed by atoms with van der Waals surface area (Å²) in [5, 5.41) is 0.768. The number of benzene rings is 1. The van der Waals surface area contributed by atoms with Gasteiger partial charge in [0.05, 0.1) is 11.3 Å². The lowest BCUT2D eigenvalue weighted by Crippen LogP contribution is -2.20. The highest BCUT2D eigenvalue weighted by Gasteiger charge is 2.19. The van der Waals surface area contributed by atoms with Crippen molar-refractivity contribution in [3.8, 4) is 0 Å². The van der Waals surface area contributed by atoms with Gasteiger partial charge in [0.1, 0.15) is 5.83 Å². The number of halogens is 1. The summed E-state index contributed by atoms with van der Waals surface area (Å²) in [4.78, 5) is 12.0. The average Bonchev–Trinajstić information content (AvgIpc) is 2.59. The molecule has 7 heteroatoms. The molecule has 1 aromatic heterocycles. The molecule has 0 spiro atoms. The molecule has 2 aromatic rings. The van der Waals surface area contributed by atoms with Crippen molar-refractivity contribution in [3.05, 3.63) is 63.7 Å². The summed E-state index contributed by atoms with van der Waals surface area (Å²) in [5.74, 6) is -0.818. The molecule has 27 heavy (non-hydrogen) atoms. The Morgan fingerprint density at radius 1 is 1.19 bits per heavy atom. The SMILES string of the molecule is CCCn1c(=O)ccc2cc(NS(=O)(=O)CC3=C(F)C=C(C)CC3)ccc21. The van der Waals surface area contributed by atoms with Gasteiger partial charge in [0.2, 0.25) is 10.0 Å². The Morgan fingerprint density at radius 3 is 2.67 bits per heavy atom. The zero-order valence-corrected chi connectivity index (χ0v) is 16.3. The van der Waals surface area contributed by atoms with Gasteiger partial charge in [-0.05, 0) is 62.1 Å². The second kappa shape index (κ2) is 7.68. The number of sulfonamides is 1. The first kappa shape index (κ1) is 19.4. The van der Waals surface area contributed by atoms with E-state index < -0.39 is 15.9 Å². The van der Waals surface area contributed by atoms with Gasteiger partial charge < -0.3 is 4.57 Å². The number of allylic oxidation sites excluding steroid dienone is 3. The number of hydrogen-bond acceptors (Lipinski definition) is 3. The molecule has 0 atom stereocenters. The van der Waals surface area contributed by atoms with Crippen molar-refractivity contribution in [2.45, 2.75) is 39.7 Å². The van der Waals surface area contributed by atoms with Gasteiger partial charge in [-0.3, -0.25) is 9.52 Å². The maximum absolute atomic E-state index is 14.0. The number of anilines is 1. The van der Waals surface area contributed by atoms with Crippen LogP contribution in [-0.4, -0.2) is 18.7 Å². The highest BCUT2D eigenvalue weighted by molar-refractivity contribution is 7.92. The normalized spacial score (nSPS) is 15.1. The third-order valence-electron chi connectivity index (χ3n) is 4.61. The van der Waals surface area contributed by atoms with Crippen molar-refractivity contribution in [2.24, 2.45) is 0 Å². The molecule has 1 N–H and O–H groups in total. The summed E-state index contributed by atoms with van der Waals surface area (Å²) >= 11 is 0. The van der Waals surface area contributed by atoms with Crippen molar-refractivity contribution in [1.29, 1.82) is 0 Å². The van der Waals surface area contributed by atoms with Crippen molar-refractivity contribution in [1.82, 2.24) is 4.57 Å². The maximum Gasteiger partial charge on any atom is 0.251 e. The fraction of sp³-hybridized carbons (Fsp3) is 0.350. The standard InChI is InChI=1S/C20H23FN2O3S/c1-3-10-23-19-8-7-17(12-15(19)6-9-20(23)24)22-27(25,26)13-16-5-4-14(2)11-18(16)21/h6-9,11-12,22H,3-5,10,13H2,1-2H3. The fourth-order valence-corrected chi connectivity index (χ4v) is 4.56. The van der Waals surface area contributed by atoms with E-state index in [4.69, 9.17) is 0 Å². The van der Waals surface area contributed by atoms with E-state index in [0.717, 1.165) is 22.9 Å². The highest BCUT2D eigenvalue weighted by Crippen LogP contribution is 2.26. The van der Waals surface area contributed by atoms with Gasteiger partial charge in [-0.2, -0.15) is 0 Å². The zero-order chi connectivity index (χ0) is 19.6. The van der Waals surface area contributed by atoms with E-state index >= 15 is 0 Å². The summed E-state index contributed by atoms with van der Waals surface area (Å²) in [5.41, 5.74) is 2.28. The lowest BCUT2D eigenvalue weighted by atomic mass is 10.00. The molecular formula is C20H23FN2O3S. The number of nitrogens with one attached hydrogen (secondary N) is 1. The number of pyridine rings is 1. The molecule has 0 amide bonds. The average molecular weight is 390 g/mol. The first-order valence-electron chi connectivity index (χ1n) is 8.98. The molecule has 0 unspecified atom stereocenters. The molecular weight excluding hydrogens is 367 g/mol. The number of hydrogen-bond donors (Lipinski definition) is 1. The van der Waals surface area contributed by atoms with Crippen LogP contribution in [0.5, 0.6) is 0 Å². The lowest BCUT2D eigenvalue weighted by molar-refractivity contribution is 0.596. The predicted molar refractivity (Wildman–Crippen MR) is 107 cm³/mol. The van der Waals surface area contributed by atoms with Gasteiger partial charge in [-0.15, -0.1) is 0 Å². The first-order valence-corrected chi connectivity index (χ1v) is 10.6. The summed E-state index contributed by atoms with van der Waals surface area (Å²) < 4.78 is 43.1. The Bertz CT molecular complexity index is 1100. The summed E-state index contributed by atoms with van der Waals surface area (Å²) in [6.07, 6.45) is 3.30. The van der Waals surface area contributed by atoms with Crippen molar-refractivity contribution < 1.29 is 12.8 Å². The van der Waals surface area contributed by atoms with E-state index in [-0.39, 0.29) is 11.3 Å². The molecule has 1 aliphatic rings. The first-order chi connectivity index (χ1) is 12.8. The van der Waals surface area contributed by atoms with Gasteiger partial charge in [-0.25, -0.2) is 12.8 Å². The van der Waals surface area contributed by atoms with Crippen molar-refractivity contribution in [3.63, 3.8) is 0 Å². The Labute approximate surface area is 158 Å². The minimum absolute atomic E-state index is 0.0826. The van der Waals surface area contributed by atoms with E-state index in [9.17, 15) is 17.6 Å². The van der Waals surface area contributed by atoms with Crippen LogP contribution in [0.1, 0.15) is 33.1 Å². The van der Waals surface area contributed by atoms with Gasteiger partial charge >= 0.3 is 0 Å². The molecule has 0 bridgehead atoms. The van der Waals surface area contributed by atoms with E-state index in [1.165, 1.54) is 12.1 Å². The molecule has 5 nitrogen and oxygen atoms in total. The molecule has 0 radical (unpaired) electrons. The molecule has 0 aliphatic heterocycles. The molecule has 1 aliphatic carbocycles. The van der Waals surface area contributed by atoms with Crippen molar-refractivity contribution >= 4 is 26.6 Å². The quantitative estimate of drug-likeness (QED) is 0.807. The largest absolute Gasteiger partial charge is 0.308 e. The van der Waals surface area contributed by atoms with Crippen LogP contribution in [0.2, 0.25) is 0 Å². The maximum atomic E-state index is 14.0. The van der Waals surface area contributed by atoms with Crippen LogP contribution < -0.4 is 10.3 Å². The van der Waals surface area contributed by atoms with Crippen LogP contribution in [0.4, 0.5) is 10.1 Å². The van der Waals surface area contributed by atoms with E-state index in [1.54, 1.807) is 28.8 Å². The molecule has 144 valence electrons. The van der Waals surface area contributed by atoms with Crippen LogP contribution >= 0.6 is 0 Å².